The number of aromatic nitrogens is 1. The van der Waals surface area contributed by atoms with E-state index in [2.05, 4.69) is 26.2 Å². The lowest BCUT2D eigenvalue weighted by atomic mass is 10.1. The van der Waals surface area contributed by atoms with E-state index in [1.165, 1.54) is 18.5 Å². The normalized spacial score (nSPS) is 15.5. The molecule has 1 aliphatic rings. The van der Waals surface area contributed by atoms with Gasteiger partial charge in [0.1, 0.15) is 5.57 Å². The molecule has 0 saturated carbocycles. The number of nitrogens with zero attached hydrogens (tertiary/aromatic N) is 2. The van der Waals surface area contributed by atoms with Crippen molar-refractivity contribution in [2.24, 2.45) is 0 Å². The van der Waals surface area contributed by atoms with E-state index in [1.807, 2.05) is 13.8 Å². The second kappa shape index (κ2) is 8.87. The van der Waals surface area contributed by atoms with Crippen LogP contribution < -0.4 is 19.7 Å². The molecule has 1 fully saturated rings. The highest BCUT2D eigenvalue weighted by molar-refractivity contribution is 9.10. The highest BCUT2D eigenvalue weighted by Gasteiger charge is 2.37. The Hall–Kier alpha value is -3.20. The molecule has 1 aliphatic heterocycles. The first kappa shape index (κ1) is 20.5. The Kier molecular flexibility index (Phi) is 6.28. The van der Waals surface area contributed by atoms with Crippen LogP contribution in [0.2, 0.25) is 0 Å². The number of hydrogen-bond acceptors (Lipinski definition) is 6. The highest BCUT2D eigenvalue weighted by Crippen LogP contribution is 2.35. The van der Waals surface area contributed by atoms with Gasteiger partial charge in [0.15, 0.2) is 11.5 Å². The van der Waals surface area contributed by atoms with Gasteiger partial charge >= 0.3 is 6.03 Å². The van der Waals surface area contributed by atoms with Crippen LogP contribution in [0.5, 0.6) is 11.5 Å². The summed E-state index contributed by atoms with van der Waals surface area (Å²) in [7, 11) is 0. The zero-order chi connectivity index (χ0) is 21.0. The van der Waals surface area contributed by atoms with E-state index >= 15 is 0 Å². The molecular formula is C20H18BrN3O5. The SMILES string of the molecule is CCOc1cc(Br)c(/C=C2\C(=O)NC(=O)N(c3cccnc3)C2=O)cc1OCC. The Bertz CT molecular complexity index is 991. The topological polar surface area (TPSA) is 97.8 Å². The zero-order valence-corrected chi connectivity index (χ0v) is 17.4. The van der Waals surface area contributed by atoms with Crippen LogP contribution in [0.25, 0.3) is 6.08 Å². The lowest BCUT2D eigenvalue weighted by molar-refractivity contribution is -0.122. The number of carbonyl (C=O) groups excluding carboxylic acids is 3. The summed E-state index contributed by atoms with van der Waals surface area (Å²) in [5.41, 5.74) is 0.589. The lowest BCUT2D eigenvalue weighted by Gasteiger charge is -2.26. The molecule has 3 rings (SSSR count). The van der Waals surface area contributed by atoms with Crippen molar-refractivity contribution in [1.82, 2.24) is 10.3 Å². The number of ether oxygens (including phenoxy) is 2. The molecule has 0 unspecified atom stereocenters. The predicted molar refractivity (Wildman–Crippen MR) is 110 cm³/mol. The quantitative estimate of drug-likeness (QED) is 0.525. The molecule has 1 N–H and O–H groups in total. The Labute approximate surface area is 175 Å². The van der Waals surface area contributed by atoms with Gasteiger partial charge in [-0.3, -0.25) is 19.9 Å². The number of barbiturate groups is 1. The molecule has 8 nitrogen and oxygen atoms in total. The van der Waals surface area contributed by atoms with Gasteiger partial charge in [0.2, 0.25) is 0 Å². The van der Waals surface area contributed by atoms with Gasteiger partial charge in [0, 0.05) is 10.7 Å². The number of imide groups is 2. The zero-order valence-electron chi connectivity index (χ0n) is 15.8. The van der Waals surface area contributed by atoms with Crippen molar-refractivity contribution in [3.05, 3.63) is 52.3 Å². The van der Waals surface area contributed by atoms with Crippen LogP contribution in [0, 0.1) is 0 Å². The van der Waals surface area contributed by atoms with Gasteiger partial charge in [-0.25, -0.2) is 9.69 Å². The maximum atomic E-state index is 12.9. The summed E-state index contributed by atoms with van der Waals surface area (Å²) < 4.78 is 11.8. The van der Waals surface area contributed by atoms with Crippen molar-refractivity contribution in [2.75, 3.05) is 18.1 Å². The van der Waals surface area contributed by atoms with Crippen LogP contribution >= 0.6 is 15.9 Å². The van der Waals surface area contributed by atoms with Gasteiger partial charge in [-0.05, 0) is 49.8 Å². The molecule has 0 spiro atoms. The maximum absolute atomic E-state index is 12.9. The number of benzene rings is 1. The Morgan fingerprint density at radius 1 is 1.14 bits per heavy atom. The smallest absolute Gasteiger partial charge is 0.336 e. The number of anilines is 1. The molecular weight excluding hydrogens is 442 g/mol. The average molecular weight is 460 g/mol. The third kappa shape index (κ3) is 4.29. The molecule has 4 amide bonds. The third-order valence-corrected chi connectivity index (χ3v) is 4.66. The Morgan fingerprint density at radius 3 is 2.45 bits per heavy atom. The first-order chi connectivity index (χ1) is 14.0. The third-order valence-electron chi connectivity index (χ3n) is 3.97. The first-order valence-electron chi connectivity index (χ1n) is 8.86. The van der Waals surface area contributed by atoms with Crippen molar-refractivity contribution in [2.45, 2.75) is 13.8 Å². The number of pyridine rings is 1. The van der Waals surface area contributed by atoms with E-state index in [9.17, 15) is 14.4 Å². The van der Waals surface area contributed by atoms with E-state index < -0.39 is 17.8 Å². The summed E-state index contributed by atoms with van der Waals surface area (Å²) >= 11 is 3.43. The van der Waals surface area contributed by atoms with Crippen molar-refractivity contribution < 1.29 is 23.9 Å². The largest absolute Gasteiger partial charge is 0.490 e. The van der Waals surface area contributed by atoms with E-state index in [4.69, 9.17) is 9.47 Å². The van der Waals surface area contributed by atoms with Crippen molar-refractivity contribution in [1.29, 1.82) is 0 Å². The summed E-state index contributed by atoms with van der Waals surface area (Å²) in [6, 6.07) is 5.68. The Balaban J connectivity index is 2.04. The summed E-state index contributed by atoms with van der Waals surface area (Å²) in [5, 5.41) is 2.18. The average Bonchev–Trinajstić information content (AvgIpc) is 2.69. The molecule has 150 valence electrons. The van der Waals surface area contributed by atoms with Crippen molar-refractivity contribution in [3.8, 4) is 11.5 Å². The monoisotopic (exact) mass is 459 g/mol. The highest BCUT2D eigenvalue weighted by atomic mass is 79.9. The molecule has 1 saturated heterocycles. The van der Waals surface area contributed by atoms with Crippen molar-refractivity contribution >= 4 is 45.5 Å². The molecule has 0 aliphatic carbocycles. The summed E-state index contributed by atoms with van der Waals surface area (Å²) in [6.45, 7) is 4.57. The number of amides is 4. The van der Waals surface area contributed by atoms with Gasteiger partial charge in [-0.2, -0.15) is 0 Å². The number of nitrogens with one attached hydrogen (secondary N) is 1. The summed E-state index contributed by atoms with van der Waals surface area (Å²) in [5.74, 6) is -0.507. The van der Waals surface area contributed by atoms with E-state index in [-0.39, 0.29) is 11.3 Å². The standard InChI is InChI=1S/C20H18BrN3O5/c1-3-28-16-9-12(15(21)10-17(16)29-4-2)8-14-18(25)23-20(27)24(19(14)26)13-6-5-7-22-11-13/h5-11H,3-4H2,1-2H3,(H,23,25,27)/b14-8+. The fourth-order valence-corrected chi connectivity index (χ4v) is 3.17. The van der Waals surface area contributed by atoms with Crippen LogP contribution in [0.4, 0.5) is 10.5 Å². The van der Waals surface area contributed by atoms with Crippen LogP contribution in [0.1, 0.15) is 19.4 Å². The molecule has 0 atom stereocenters. The van der Waals surface area contributed by atoms with E-state index in [0.29, 0.717) is 34.7 Å². The minimum Gasteiger partial charge on any atom is -0.490 e. The van der Waals surface area contributed by atoms with Crippen LogP contribution in [-0.2, 0) is 9.59 Å². The minimum atomic E-state index is -0.828. The van der Waals surface area contributed by atoms with Crippen LogP contribution in [-0.4, -0.2) is 36.0 Å². The van der Waals surface area contributed by atoms with Gasteiger partial charge in [-0.15, -0.1) is 0 Å². The Morgan fingerprint density at radius 2 is 1.83 bits per heavy atom. The van der Waals surface area contributed by atoms with Crippen LogP contribution in [0.15, 0.2) is 46.7 Å². The minimum absolute atomic E-state index is 0.194. The lowest BCUT2D eigenvalue weighted by Crippen LogP contribution is -2.54. The second-order valence-electron chi connectivity index (χ2n) is 5.86. The number of rotatable bonds is 6. The molecule has 1 aromatic carbocycles. The molecule has 2 aromatic rings. The molecule has 29 heavy (non-hydrogen) atoms. The fourth-order valence-electron chi connectivity index (χ4n) is 2.73. The molecule has 2 heterocycles. The molecule has 0 bridgehead atoms. The number of halogens is 1. The van der Waals surface area contributed by atoms with Crippen molar-refractivity contribution in [3.63, 3.8) is 0 Å². The maximum Gasteiger partial charge on any atom is 0.336 e. The molecule has 0 radical (unpaired) electrons. The number of urea groups is 1. The van der Waals surface area contributed by atoms with Gasteiger partial charge < -0.3 is 9.47 Å². The van der Waals surface area contributed by atoms with E-state index in [0.717, 1.165) is 4.90 Å². The predicted octanol–water partition coefficient (Wildman–Crippen LogP) is 3.31. The number of hydrogen-bond donors (Lipinski definition) is 1. The summed E-state index contributed by atoms with van der Waals surface area (Å²) in [4.78, 5) is 42.3. The molecule has 9 heteroatoms. The van der Waals surface area contributed by atoms with Gasteiger partial charge in [0.05, 0.1) is 25.1 Å². The second-order valence-corrected chi connectivity index (χ2v) is 6.71. The van der Waals surface area contributed by atoms with Gasteiger partial charge in [-0.1, -0.05) is 15.9 Å². The van der Waals surface area contributed by atoms with Gasteiger partial charge in [0.25, 0.3) is 11.8 Å². The van der Waals surface area contributed by atoms with Crippen LogP contribution in [0.3, 0.4) is 0 Å². The fraction of sp³-hybridized carbons (Fsp3) is 0.200. The number of carbonyl (C=O) groups is 3. The summed E-state index contributed by atoms with van der Waals surface area (Å²) in [6.07, 6.45) is 4.28. The van der Waals surface area contributed by atoms with E-state index in [1.54, 1.807) is 24.3 Å². The first-order valence-corrected chi connectivity index (χ1v) is 9.66. The molecule has 1 aromatic heterocycles.